The van der Waals surface area contributed by atoms with Crippen LogP contribution in [0.1, 0.15) is 11.1 Å². The summed E-state index contributed by atoms with van der Waals surface area (Å²) >= 11 is 0. The summed E-state index contributed by atoms with van der Waals surface area (Å²) in [6, 6.07) is 10.2. The summed E-state index contributed by atoms with van der Waals surface area (Å²) in [4.78, 5) is 31.1. The van der Waals surface area contributed by atoms with Gasteiger partial charge < -0.3 is 16.0 Å². The van der Waals surface area contributed by atoms with E-state index in [0.717, 1.165) is 11.6 Å². The van der Waals surface area contributed by atoms with Crippen LogP contribution < -0.4 is 21.6 Å². The Hall–Kier alpha value is -3.89. The first-order valence-electron chi connectivity index (χ1n) is 9.24. The molecule has 3 rings (SSSR count). The molecular formula is C20H19F3N6O2. The Morgan fingerprint density at radius 2 is 1.84 bits per heavy atom. The number of alkyl halides is 3. The molecule has 0 spiro atoms. The zero-order valence-corrected chi connectivity index (χ0v) is 16.2. The molecule has 162 valence electrons. The second-order valence-electron chi connectivity index (χ2n) is 6.44. The molecule has 0 bridgehead atoms. The van der Waals surface area contributed by atoms with E-state index in [-0.39, 0.29) is 24.6 Å². The van der Waals surface area contributed by atoms with E-state index in [2.05, 4.69) is 25.9 Å². The number of carbonyl (C=O) groups is 1. The first kappa shape index (κ1) is 21.8. The minimum absolute atomic E-state index is 0.0531. The number of aromatic nitrogens is 3. The maximum Gasteiger partial charge on any atom is 0.419 e. The smallest absolute Gasteiger partial charge is 0.368 e. The maximum atomic E-state index is 12.9. The highest BCUT2D eigenvalue weighted by molar-refractivity contribution is 5.89. The highest BCUT2D eigenvalue weighted by Crippen LogP contribution is 2.33. The number of nitrogens with zero attached hydrogens (tertiary/aromatic N) is 3. The van der Waals surface area contributed by atoms with Crippen molar-refractivity contribution in [2.24, 2.45) is 0 Å². The molecule has 0 radical (unpaired) electrons. The maximum absolute atomic E-state index is 12.9. The summed E-state index contributed by atoms with van der Waals surface area (Å²) in [7, 11) is 0. The summed E-state index contributed by atoms with van der Waals surface area (Å²) in [6.07, 6.45) is -0.244. The fourth-order valence-electron chi connectivity index (χ4n) is 2.76. The number of amides is 2. The predicted octanol–water partition coefficient (Wildman–Crippen LogP) is 2.94. The Morgan fingerprint density at radius 3 is 2.61 bits per heavy atom. The lowest BCUT2D eigenvalue weighted by Crippen LogP contribution is -2.33. The van der Waals surface area contributed by atoms with Crippen molar-refractivity contribution in [2.45, 2.75) is 12.7 Å². The molecule has 0 aliphatic rings. The van der Waals surface area contributed by atoms with Crippen LogP contribution in [0, 0.1) is 0 Å². The van der Waals surface area contributed by atoms with Crippen molar-refractivity contribution < 1.29 is 18.0 Å². The summed E-state index contributed by atoms with van der Waals surface area (Å²) in [6.45, 7) is 0.418. The molecule has 2 amide bonds. The number of halogens is 3. The summed E-state index contributed by atoms with van der Waals surface area (Å²) in [5.41, 5.74) is 0.0325. The fourth-order valence-corrected chi connectivity index (χ4v) is 2.76. The molecule has 0 saturated carbocycles. The molecule has 2 aromatic heterocycles. The zero-order chi connectivity index (χ0) is 22.3. The third kappa shape index (κ3) is 6.29. The number of hydrogen-bond acceptors (Lipinski definition) is 5. The predicted molar refractivity (Wildman–Crippen MR) is 109 cm³/mol. The standard InChI is InChI=1S/C20H19F3N6O2/c21-20(22,23)16-6-2-7-24-17(16)25-9-10-26-18(30)28-15-5-1-4-14(12-15)13-29-11-3-8-27-19(29)31/h1-8,11-12H,9-10,13H2,(H,24,25)(H2,26,28,30). The van der Waals surface area contributed by atoms with Crippen LogP contribution >= 0.6 is 0 Å². The molecule has 0 aliphatic carbocycles. The molecule has 11 heteroatoms. The van der Waals surface area contributed by atoms with E-state index >= 15 is 0 Å². The third-order valence-corrected chi connectivity index (χ3v) is 4.14. The first-order chi connectivity index (χ1) is 14.8. The van der Waals surface area contributed by atoms with Gasteiger partial charge in [0.1, 0.15) is 5.82 Å². The van der Waals surface area contributed by atoms with Crippen LogP contribution in [-0.4, -0.2) is 33.7 Å². The molecule has 1 aromatic carbocycles. The molecule has 31 heavy (non-hydrogen) atoms. The van der Waals surface area contributed by atoms with Crippen molar-refractivity contribution in [3.8, 4) is 0 Å². The van der Waals surface area contributed by atoms with Crippen LogP contribution in [0.4, 0.5) is 29.5 Å². The highest BCUT2D eigenvalue weighted by atomic mass is 19.4. The molecule has 3 aromatic rings. The molecule has 0 unspecified atom stereocenters. The molecule has 0 fully saturated rings. The van der Waals surface area contributed by atoms with Crippen LogP contribution in [-0.2, 0) is 12.7 Å². The normalized spacial score (nSPS) is 11.1. The average Bonchev–Trinajstić information content (AvgIpc) is 2.73. The van der Waals surface area contributed by atoms with Gasteiger partial charge in [-0.15, -0.1) is 0 Å². The van der Waals surface area contributed by atoms with E-state index in [4.69, 9.17) is 0 Å². The van der Waals surface area contributed by atoms with Gasteiger partial charge in [-0.3, -0.25) is 4.57 Å². The second kappa shape index (κ2) is 9.74. The van der Waals surface area contributed by atoms with E-state index in [1.807, 2.05) is 0 Å². The van der Waals surface area contributed by atoms with Crippen LogP contribution in [0.25, 0.3) is 0 Å². The fraction of sp³-hybridized carbons (Fsp3) is 0.200. The molecule has 0 atom stereocenters. The Bertz CT molecular complexity index is 1100. The van der Waals surface area contributed by atoms with Gasteiger partial charge in [0, 0.05) is 37.4 Å². The van der Waals surface area contributed by atoms with E-state index in [1.165, 1.54) is 23.0 Å². The van der Waals surface area contributed by atoms with Gasteiger partial charge in [-0.2, -0.15) is 13.2 Å². The Balaban J connectivity index is 1.50. The number of rotatable bonds is 7. The van der Waals surface area contributed by atoms with Crippen LogP contribution in [0.2, 0.25) is 0 Å². The highest BCUT2D eigenvalue weighted by Gasteiger charge is 2.33. The minimum Gasteiger partial charge on any atom is -0.368 e. The number of urea groups is 1. The third-order valence-electron chi connectivity index (χ3n) is 4.14. The first-order valence-corrected chi connectivity index (χ1v) is 9.24. The van der Waals surface area contributed by atoms with Crippen molar-refractivity contribution in [2.75, 3.05) is 23.7 Å². The summed E-state index contributed by atoms with van der Waals surface area (Å²) in [5, 5.41) is 7.76. The number of anilines is 2. The van der Waals surface area contributed by atoms with Gasteiger partial charge in [0.05, 0.1) is 12.1 Å². The van der Waals surface area contributed by atoms with Crippen LogP contribution in [0.3, 0.4) is 0 Å². The second-order valence-corrected chi connectivity index (χ2v) is 6.44. The van der Waals surface area contributed by atoms with Crippen molar-refractivity contribution in [1.29, 1.82) is 0 Å². The average molecular weight is 432 g/mol. The largest absolute Gasteiger partial charge is 0.419 e. The lowest BCUT2D eigenvalue weighted by atomic mass is 10.2. The van der Waals surface area contributed by atoms with Crippen LogP contribution in [0.5, 0.6) is 0 Å². The quantitative estimate of drug-likeness (QED) is 0.499. The van der Waals surface area contributed by atoms with Gasteiger partial charge in [0.25, 0.3) is 0 Å². The van der Waals surface area contributed by atoms with Crippen molar-refractivity contribution in [3.05, 3.63) is 82.7 Å². The molecule has 0 aliphatic heterocycles. The van der Waals surface area contributed by atoms with Crippen molar-refractivity contribution in [1.82, 2.24) is 19.9 Å². The van der Waals surface area contributed by atoms with Gasteiger partial charge in [-0.25, -0.2) is 19.6 Å². The van der Waals surface area contributed by atoms with Gasteiger partial charge >= 0.3 is 17.9 Å². The van der Waals surface area contributed by atoms with Crippen molar-refractivity contribution in [3.63, 3.8) is 0 Å². The van der Waals surface area contributed by atoms with E-state index in [1.54, 1.807) is 36.5 Å². The molecule has 0 saturated heterocycles. The number of pyridine rings is 1. The van der Waals surface area contributed by atoms with E-state index in [9.17, 15) is 22.8 Å². The van der Waals surface area contributed by atoms with Gasteiger partial charge in [-0.05, 0) is 35.9 Å². The number of carbonyl (C=O) groups excluding carboxylic acids is 1. The summed E-state index contributed by atoms with van der Waals surface area (Å²) in [5.74, 6) is -0.296. The number of hydrogen-bond donors (Lipinski definition) is 3. The topological polar surface area (TPSA) is 101 Å². The van der Waals surface area contributed by atoms with Gasteiger partial charge in [-0.1, -0.05) is 12.1 Å². The lowest BCUT2D eigenvalue weighted by molar-refractivity contribution is -0.137. The molecule has 2 heterocycles. The Kier molecular flexibility index (Phi) is 6.85. The molecule has 3 N–H and O–H groups in total. The van der Waals surface area contributed by atoms with Gasteiger partial charge in [0.15, 0.2) is 0 Å². The summed E-state index contributed by atoms with van der Waals surface area (Å²) < 4.78 is 40.2. The van der Waals surface area contributed by atoms with Crippen LogP contribution in [0.15, 0.2) is 65.8 Å². The van der Waals surface area contributed by atoms with E-state index < -0.39 is 17.8 Å². The molecule has 8 nitrogen and oxygen atoms in total. The zero-order valence-electron chi connectivity index (χ0n) is 16.2. The Labute approximate surface area is 175 Å². The minimum atomic E-state index is -4.52. The SMILES string of the molecule is O=C(NCCNc1ncccc1C(F)(F)F)Nc1cccc(Cn2cccnc2=O)c1. The van der Waals surface area contributed by atoms with Crippen molar-refractivity contribution >= 4 is 17.5 Å². The monoisotopic (exact) mass is 432 g/mol. The Morgan fingerprint density at radius 1 is 1.03 bits per heavy atom. The molecular weight excluding hydrogens is 413 g/mol. The van der Waals surface area contributed by atoms with E-state index in [0.29, 0.717) is 12.2 Å². The number of benzene rings is 1. The van der Waals surface area contributed by atoms with Gasteiger partial charge in [0.2, 0.25) is 0 Å². The number of nitrogens with one attached hydrogen (secondary N) is 3. The lowest BCUT2D eigenvalue weighted by Gasteiger charge is -2.13.